The average Bonchev–Trinajstić information content (AvgIpc) is 2.91. The maximum Gasteiger partial charge on any atom is 0.255 e. The number of nitrogens with one attached hydrogen (secondary N) is 1. The second-order valence-electron chi connectivity index (χ2n) is 5.41. The molecule has 1 heterocycles. The summed E-state index contributed by atoms with van der Waals surface area (Å²) >= 11 is 0. The van der Waals surface area contributed by atoms with Crippen molar-refractivity contribution < 1.29 is 22.8 Å². The van der Waals surface area contributed by atoms with Crippen LogP contribution in [0.3, 0.4) is 0 Å². The van der Waals surface area contributed by atoms with E-state index in [0.717, 1.165) is 18.2 Å². The molecule has 0 unspecified atom stereocenters. The Balaban J connectivity index is 1.72. The molecule has 2 amide bonds. The second kappa shape index (κ2) is 6.35. The summed E-state index contributed by atoms with van der Waals surface area (Å²) < 4.78 is 39.7. The quantitative estimate of drug-likeness (QED) is 0.938. The summed E-state index contributed by atoms with van der Waals surface area (Å²) in [5.74, 6) is -3.27. The van der Waals surface area contributed by atoms with Gasteiger partial charge in [-0.25, -0.2) is 13.2 Å². The molecule has 1 N–H and O–H groups in total. The van der Waals surface area contributed by atoms with Crippen LogP contribution < -0.4 is 10.2 Å². The third-order valence-electron chi connectivity index (χ3n) is 3.82. The van der Waals surface area contributed by atoms with Crippen LogP contribution >= 0.6 is 0 Å². The summed E-state index contributed by atoms with van der Waals surface area (Å²) in [5.41, 5.74) is 0.0538. The molecular formula is C17H13F3N2O2. The van der Waals surface area contributed by atoms with E-state index < -0.39 is 35.0 Å². The van der Waals surface area contributed by atoms with Crippen molar-refractivity contribution in [1.82, 2.24) is 5.32 Å². The lowest BCUT2D eigenvalue weighted by molar-refractivity contribution is -0.118. The van der Waals surface area contributed by atoms with E-state index in [1.165, 1.54) is 29.2 Å². The Kier molecular flexibility index (Phi) is 4.24. The zero-order valence-electron chi connectivity index (χ0n) is 12.4. The molecule has 2 aromatic carbocycles. The lowest BCUT2D eigenvalue weighted by Gasteiger charge is -2.17. The fourth-order valence-corrected chi connectivity index (χ4v) is 2.60. The van der Waals surface area contributed by atoms with Gasteiger partial charge in [-0.3, -0.25) is 9.59 Å². The van der Waals surface area contributed by atoms with E-state index in [-0.39, 0.29) is 5.91 Å². The van der Waals surface area contributed by atoms with E-state index in [4.69, 9.17) is 0 Å². The van der Waals surface area contributed by atoms with Crippen molar-refractivity contribution in [2.24, 2.45) is 0 Å². The van der Waals surface area contributed by atoms with Gasteiger partial charge >= 0.3 is 0 Å². The van der Waals surface area contributed by atoms with Crippen LogP contribution in [0, 0.1) is 17.5 Å². The number of benzene rings is 2. The van der Waals surface area contributed by atoms with Crippen molar-refractivity contribution in [3.8, 4) is 0 Å². The van der Waals surface area contributed by atoms with Crippen LogP contribution in [-0.2, 0) is 4.79 Å². The first-order valence-electron chi connectivity index (χ1n) is 7.28. The molecule has 1 aliphatic rings. The van der Waals surface area contributed by atoms with Gasteiger partial charge in [0.15, 0.2) is 0 Å². The maximum absolute atomic E-state index is 13.6. The van der Waals surface area contributed by atoms with Gasteiger partial charge in [-0.15, -0.1) is 0 Å². The smallest absolute Gasteiger partial charge is 0.255 e. The van der Waals surface area contributed by atoms with Gasteiger partial charge in [0.05, 0.1) is 5.56 Å². The minimum Gasteiger partial charge on any atom is -0.340 e. The van der Waals surface area contributed by atoms with Crippen LogP contribution in [0.1, 0.15) is 16.8 Å². The van der Waals surface area contributed by atoms with Crippen LogP contribution in [0.15, 0.2) is 42.5 Å². The number of hydrogen-bond donors (Lipinski definition) is 1. The van der Waals surface area contributed by atoms with E-state index >= 15 is 0 Å². The molecule has 1 saturated heterocycles. The SMILES string of the molecule is O=C(N[C@H]1CCN(c2ccc(F)cc2)C1=O)c1cc(F)ccc1F. The number of rotatable bonds is 3. The van der Waals surface area contributed by atoms with Crippen LogP contribution in [0.5, 0.6) is 0 Å². The first kappa shape index (κ1) is 16.0. The summed E-state index contributed by atoms with van der Waals surface area (Å²) in [6, 6.07) is 7.09. The Labute approximate surface area is 135 Å². The molecular weight excluding hydrogens is 321 g/mol. The summed E-state index contributed by atoms with van der Waals surface area (Å²) in [6.45, 7) is 0.334. The van der Waals surface area contributed by atoms with Crippen molar-refractivity contribution in [1.29, 1.82) is 0 Å². The zero-order chi connectivity index (χ0) is 17.3. The largest absolute Gasteiger partial charge is 0.340 e. The van der Waals surface area contributed by atoms with Crippen molar-refractivity contribution in [3.63, 3.8) is 0 Å². The highest BCUT2D eigenvalue weighted by atomic mass is 19.1. The summed E-state index contributed by atoms with van der Waals surface area (Å²) in [7, 11) is 0. The number of anilines is 1. The molecule has 124 valence electrons. The van der Waals surface area contributed by atoms with E-state index in [0.29, 0.717) is 18.7 Å². The molecule has 24 heavy (non-hydrogen) atoms. The predicted molar refractivity (Wildman–Crippen MR) is 81.0 cm³/mol. The van der Waals surface area contributed by atoms with Gasteiger partial charge in [-0.1, -0.05) is 0 Å². The van der Waals surface area contributed by atoms with Crippen molar-refractivity contribution in [2.45, 2.75) is 12.5 Å². The molecule has 2 aromatic rings. The normalized spacial score (nSPS) is 17.2. The van der Waals surface area contributed by atoms with Gasteiger partial charge in [0.2, 0.25) is 5.91 Å². The number of halogens is 3. The van der Waals surface area contributed by atoms with Crippen LogP contribution in [0.25, 0.3) is 0 Å². The molecule has 0 aromatic heterocycles. The van der Waals surface area contributed by atoms with Gasteiger partial charge < -0.3 is 10.2 Å². The summed E-state index contributed by atoms with van der Waals surface area (Å²) in [4.78, 5) is 25.8. The molecule has 3 rings (SSSR count). The van der Waals surface area contributed by atoms with E-state index in [1.807, 2.05) is 0 Å². The van der Waals surface area contributed by atoms with Gasteiger partial charge in [0.1, 0.15) is 23.5 Å². The summed E-state index contributed by atoms with van der Waals surface area (Å²) in [6.07, 6.45) is 0.318. The minimum absolute atomic E-state index is 0.318. The molecule has 0 spiro atoms. The second-order valence-corrected chi connectivity index (χ2v) is 5.41. The predicted octanol–water partition coefficient (Wildman–Crippen LogP) is 2.64. The van der Waals surface area contributed by atoms with Gasteiger partial charge in [0.25, 0.3) is 5.91 Å². The molecule has 1 atom stereocenters. The third kappa shape index (κ3) is 3.10. The number of nitrogens with zero attached hydrogens (tertiary/aromatic N) is 1. The van der Waals surface area contributed by atoms with E-state index in [2.05, 4.69) is 5.32 Å². The molecule has 1 fully saturated rings. The Morgan fingerprint density at radius 2 is 1.71 bits per heavy atom. The first-order chi connectivity index (χ1) is 11.5. The van der Waals surface area contributed by atoms with Crippen molar-refractivity contribution >= 4 is 17.5 Å². The van der Waals surface area contributed by atoms with Gasteiger partial charge in [0, 0.05) is 12.2 Å². The lowest BCUT2D eigenvalue weighted by atomic mass is 10.1. The van der Waals surface area contributed by atoms with Crippen LogP contribution in [0.4, 0.5) is 18.9 Å². The number of carbonyl (C=O) groups is 2. The molecule has 0 radical (unpaired) electrons. The monoisotopic (exact) mass is 334 g/mol. The van der Waals surface area contributed by atoms with Crippen molar-refractivity contribution in [3.05, 3.63) is 65.5 Å². The number of hydrogen-bond acceptors (Lipinski definition) is 2. The van der Waals surface area contributed by atoms with Crippen molar-refractivity contribution in [2.75, 3.05) is 11.4 Å². The average molecular weight is 334 g/mol. The van der Waals surface area contributed by atoms with Gasteiger partial charge in [-0.05, 0) is 48.9 Å². The van der Waals surface area contributed by atoms with Gasteiger partial charge in [-0.2, -0.15) is 0 Å². The van der Waals surface area contributed by atoms with Crippen LogP contribution in [0.2, 0.25) is 0 Å². The maximum atomic E-state index is 13.6. The number of amides is 2. The summed E-state index contributed by atoms with van der Waals surface area (Å²) in [5, 5.41) is 2.41. The first-order valence-corrected chi connectivity index (χ1v) is 7.28. The number of carbonyl (C=O) groups excluding carboxylic acids is 2. The van der Waals surface area contributed by atoms with E-state index in [9.17, 15) is 22.8 Å². The molecule has 0 aliphatic carbocycles. The fraction of sp³-hybridized carbons (Fsp3) is 0.176. The fourth-order valence-electron chi connectivity index (χ4n) is 2.60. The van der Waals surface area contributed by atoms with Crippen LogP contribution in [-0.4, -0.2) is 24.4 Å². The highest BCUT2D eigenvalue weighted by Gasteiger charge is 2.34. The Morgan fingerprint density at radius 3 is 2.42 bits per heavy atom. The lowest BCUT2D eigenvalue weighted by Crippen LogP contribution is -2.41. The standard InChI is InChI=1S/C17H13F3N2O2/c18-10-1-4-12(5-2-10)22-8-7-15(17(22)24)21-16(23)13-9-11(19)3-6-14(13)20/h1-6,9,15H,7-8H2,(H,21,23)/t15-/m0/s1. The zero-order valence-corrected chi connectivity index (χ0v) is 12.4. The molecule has 1 aliphatic heterocycles. The topological polar surface area (TPSA) is 49.4 Å². The Hall–Kier alpha value is -2.83. The minimum atomic E-state index is -0.866. The molecule has 4 nitrogen and oxygen atoms in total. The molecule has 7 heteroatoms. The highest BCUT2D eigenvalue weighted by Crippen LogP contribution is 2.22. The van der Waals surface area contributed by atoms with E-state index in [1.54, 1.807) is 0 Å². The third-order valence-corrected chi connectivity index (χ3v) is 3.82. The Bertz CT molecular complexity index is 793. The molecule has 0 bridgehead atoms. The highest BCUT2D eigenvalue weighted by molar-refractivity contribution is 6.03. The molecule has 0 saturated carbocycles. The Morgan fingerprint density at radius 1 is 1.04 bits per heavy atom.